The van der Waals surface area contributed by atoms with Crippen molar-refractivity contribution in [1.29, 1.82) is 0 Å². The Morgan fingerprint density at radius 2 is 0.725 bits per heavy atom. The summed E-state index contributed by atoms with van der Waals surface area (Å²) in [6, 6.07) is 102. The van der Waals surface area contributed by atoms with E-state index in [1.807, 2.05) is 91.4 Å². The summed E-state index contributed by atoms with van der Waals surface area (Å²) in [5.41, 5.74) is 24.2. The van der Waals surface area contributed by atoms with Crippen LogP contribution in [-0.4, -0.2) is 15.0 Å². The average Bonchev–Trinajstić information content (AvgIpc) is 3.94. The van der Waals surface area contributed by atoms with E-state index >= 15 is 0 Å². The summed E-state index contributed by atoms with van der Waals surface area (Å²) in [4.78, 5) is 15.2. The molecule has 0 spiro atoms. The van der Waals surface area contributed by atoms with Gasteiger partial charge in [-0.2, -0.15) is 0 Å². The Kier molecular flexibility index (Phi) is 13.6. The number of aromatic nitrogens is 3. The molecular weight excluding hydrogens is 1150 g/mol. The third-order valence-electron chi connectivity index (χ3n) is 14.8. The third-order valence-corrected chi connectivity index (χ3v) is 14.8. The van der Waals surface area contributed by atoms with E-state index < -0.39 is 0 Å². The number of hydrogen-bond acceptors (Lipinski definition) is 4. The summed E-state index contributed by atoms with van der Waals surface area (Å²) in [5, 5.41) is 2.10. The quantitative estimate of drug-likeness (QED) is 0.121. The van der Waals surface area contributed by atoms with Crippen molar-refractivity contribution in [1.82, 2.24) is 15.0 Å². The van der Waals surface area contributed by atoms with Crippen LogP contribution in [0.3, 0.4) is 0 Å². The van der Waals surface area contributed by atoms with Crippen molar-refractivity contribution in [2.24, 2.45) is 0 Å². The zero-order valence-corrected chi connectivity index (χ0v) is 45.5. The summed E-state index contributed by atoms with van der Waals surface area (Å²) in [7, 11) is 0. The number of fused-ring (bicyclic) bond motifs is 3. The Hall–Kier alpha value is -9.90. The monoisotopic (exact) mass is 1200 g/mol. The molecule has 0 aliphatic carbocycles. The normalized spacial score (nSPS) is 11.2. The van der Waals surface area contributed by atoms with Crippen molar-refractivity contribution in [3.63, 3.8) is 0 Å². The van der Waals surface area contributed by atoms with E-state index in [1.165, 1.54) is 5.56 Å². The fraction of sp³-hybridized carbons (Fsp3) is 0. The van der Waals surface area contributed by atoms with E-state index in [1.54, 1.807) is 0 Å². The largest absolute Gasteiger partial charge is 3.00 e. The molecule has 14 rings (SSSR count). The Morgan fingerprint density at radius 1 is 0.263 bits per heavy atom. The van der Waals surface area contributed by atoms with E-state index in [0.717, 1.165) is 139 Å². The number of pyridine rings is 3. The number of rotatable bonds is 11. The first-order chi connectivity index (χ1) is 39.1. The van der Waals surface area contributed by atoms with Gasteiger partial charge in [-0.15, -0.1) is 95.6 Å². The van der Waals surface area contributed by atoms with Gasteiger partial charge in [-0.25, -0.2) is 0 Å². The molecule has 14 aromatic rings. The molecule has 376 valence electrons. The number of hydrogen-bond donors (Lipinski definition) is 0. The summed E-state index contributed by atoms with van der Waals surface area (Å²) in [6.45, 7) is 0. The van der Waals surface area contributed by atoms with Crippen LogP contribution in [0.15, 0.2) is 284 Å². The molecule has 4 heterocycles. The maximum Gasteiger partial charge on any atom is 3.00 e. The molecular formula is C75H46IrN3O. The molecule has 5 heteroatoms. The Morgan fingerprint density at radius 3 is 1.27 bits per heavy atom. The van der Waals surface area contributed by atoms with Crippen LogP contribution in [0.1, 0.15) is 0 Å². The minimum Gasteiger partial charge on any atom is -0.500 e. The van der Waals surface area contributed by atoms with Crippen LogP contribution in [0.25, 0.3) is 145 Å². The van der Waals surface area contributed by atoms with Gasteiger partial charge in [0.25, 0.3) is 0 Å². The predicted octanol–water partition coefficient (Wildman–Crippen LogP) is 19.5. The van der Waals surface area contributed by atoms with Gasteiger partial charge in [0.15, 0.2) is 0 Å². The molecule has 0 N–H and O–H groups in total. The molecule has 80 heavy (non-hydrogen) atoms. The van der Waals surface area contributed by atoms with E-state index in [-0.39, 0.29) is 20.1 Å². The fourth-order valence-electron chi connectivity index (χ4n) is 10.9. The van der Waals surface area contributed by atoms with Gasteiger partial charge in [0.05, 0.1) is 5.58 Å². The van der Waals surface area contributed by atoms with Crippen LogP contribution >= 0.6 is 0 Å². The van der Waals surface area contributed by atoms with Crippen molar-refractivity contribution < 1.29 is 24.5 Å². The SMILES string of the molecule is [Ir+3].[c-]1ccccc1-c1ccc(-c2ccccc2-c2cc(-c3ccccc3-c3ccc(-c4[c-]cccc4)nc3)cc(-c3ccccc3-c3cnc(-c4[c-]cc5oc6ccccc6c5c4)cc3-c3ccc(-c4ccccc4)cc3)c2)cn1. The smallest absolute Gasteiger partial charge is 0.500 e. The van der Waals surface area contributed by atoms with Crippen molar-refractivity contribution in [2.45, 2.75) is 0 Å². The zero-order valence-electron chi connectivity index (χ0n) is 43.1. The minimum atomic E-state index is 0. The van der Waals surface area contributed by atoms with Crippen LogP contribution in [0, 0.1) is 18.2 Å². The Balaban J connectivity index is 0.00000605. The minimum absolute atomic E-state index is 0. The van der Waals surface area contributed by atoms with Gasteiger partial charge < -0.3 is 19.4 Å². The Labute approximate surface area is 478 Å². The predicted molar refractivity (Wildman–Crippen MR) is 323 cm³/mol. The first-order valence-electron chi connectivity index (χ1n) is 26.5. The molecule has 0 bridgehead atoms. The summed E-state index contributed by atoms with van der Waals surface area (Å²) >= 11 is 0. The van der Waals surface area contributed by atoms with E-state index in [2.05, 4.69) is 206 Å². The van der Waals surface area contributed by atoms with Gasteiger partial charge in [0.1, 0.15) is 5.58 Å². The second kappa shape index (κ2) is 21.9. The van der Waals surface area contributed by atoms with Gasteiger partial charge in [0, 0.05) is 29.5 Å². The number of benzene rings is 10. The molecule has 0 aliphatic rings. The van der Waals surface area contributed by atoms with Gasteiger partial charge in [0.2, 0.25) is 0 Å². The van der Waals surface area contributed by atoms with E-state index in [9.17, 15) is 0 Å². The molecule has 0 unspecified atom stereocenters. The second-order valence-corrected chi connectivity index (χ2v) is 19.6. The summed E-state index contributed by atoms with van der Waals surface area (Å²) in [6.07, 6.45) is 6.00. The fourth-order valence-corrected chi connectivity index (χ4v) is 10.9. The van der Waals surface area contributed by atoms with Gasteiger partial charge >= 0.3 is 20.1 Å². The number of furan rings is 1. The summed E-state index contributed by atoms with van der Waals surface area (Å²) in [5.74, 6) is 0. The van der Waals surface area contributed by atoms with Crippen LogP contribution in [0.5, 0.6) is 0 Å². The summed E-state index contributed by atoms with van der Waals surface area (Å²) < 4.78 is 6.23. The molecule has 0 radical (unpaired) electrons. The molecule has 4 aromatic heterocycles. The van der Waals surface area contributed by atoms with Gasteiger partial charge in [-0.1, -0.05) is 181 Å². The van der Waals surface area contributed by atoms with E-state index in [0.29, 0.717) is 0 Å². The maximum atomic E-state index is 6.23. The molecule has 0 aliphatic heterocycles. The van der Waals surface area contributed by atoms with Crippen molar-refractivity contribution >= 4 is 21.9 Å². The standard InChI is InChI=1S/C75H46N3O.Ir/c1-4-18-50(19-5-1)51-32-34-52(35-33-51)68-46-73(55-38-41-75-69(45-55)67-30-16-17-31-74(67)79-75)78-49-70(68)66-29-15-14-28-65(66)60-43-58(63-26-12-10-24-61(63)56-36-39-71(76-47-56)53-20-6-2-7-21-53)42-59(44-60)64-27-13-11-25-62(64)57-37-40-72(77-48-57)54-22-8-3-9-23-54;/h1-20,22,24-37,39-49H;/q-3;+3. The van der Waals surface area contributed by atoms with Crippen molar-refractivity contribution in [2.75, 3.05) is 0 Å². The van der Waals surface area contributed by atoms with Crippen LogP contribution in [0.4, 0.5) is 0 Å². The van der Waals surface area contributed by atoms with Crippen LogP contribution in [-0.2, 0) is 20.1 Å². The van der Waals surface area contributed by atoms with Crippen molar-refractivity contribution in [3.05, 3.63) is 298 Å². The Bertz CT molecular complexity index is 4360. The number of nitrogens with zero attached hydrogens (tertiary/aromatic N) is 3. The topological polar surface area (TPSA) is 51.8 Å². The molecule has 0 amide bonds. The van der Waals surface area contributed by atoms with E-state index in [4.69, 9.17) is 19.4 Å². The molecule has 0 saturated carbocycles. The first-order valence-corrected chi connectivity index (χ1v) is 26.5. The molecule has 0 atom stereocenters. The average molecular weight is 1200 g/mol. The van der Waals surface area contributed by atoms with Crippen molar-refractivity contribution in [3.8, 4) is 123 Å². The second-order valence-electron chi connectivity index (χ2n) is 19.6. The maximum absolute atomic E-state index is 6.23. The third kappa shape index (κ3) is 9.67. The molecule has 0 fully saturated rings. The van der Waals surface area contributed by atoms with Crippen LogP contribution < -0.4 is 0 Å². The van der Waals surface area contributed by atoms with Gasteiger partial charge in [-0.05, 0) is 125 Å². The van der Waals surface area contributed by atoms with Crippen LogP contribution in [0.2, 0.25) is 0 Å². The molecule has 0 saturated heterocycles. The molecule has 10 aromatic carbocycles. The molecule has 4 nitrogen and oxygen atoms in total. The first kappa shape index (κ1) is 49.7. The zero-order chi connectivity index (χ0) is 52.5. The number of para-hydroxylation sites is 1. The van der Waals surface area contributed by atoms with Gasteiger partial charge in [-0.3, -0.25) is 0 Å².